The van der Waals surface area contributed by atoms with Gasteiger partial charge in [-0.3, -0.25) is 4.79 Å². The summed E-state index contributed by atoms with van der Waals surface area (Å²) in [6.45, 7) is 4.93. The SMILES string of the molecule is Cc1cc2c(NCCC(C)CCC(=O)O)ncnc2s1. The Morgan fingerprint density at radius 3 is 3.00 bits per heavy atom. The Morgan fingerprint density at radius 1 is 1.45 bits per heavy atom. The van der Waals surface area contributed by atoms with Crippen molar-refractivity contribution < 1.29 is 9.90 Å². The molecule has 0 bridgehead atoms. The second kappa shape index (κ2) is 6.65. The number of hydrogen-bond acceptors (Lipinski definition) is 5. The number of aryl methyl sites for hydroxylation is 1. The first-order valence-electron chi connectivity index (χ1n) is 6.73. The molecule has 0 aliphatic rings. The van der Waals surface area contributed by atoms with Gasteiger partial charge in [-0.05, 0) is 31.7 Å². The molecule has 0 aliphatic carbocycles. The largest absolute Gasteiger partial charge is 0.481 e. The molecule has 20 heavy (non-hydrogen) atoms. The Balaban J connectivity index is 1.88. The van der Waals surface area contributed by atoms with E-state index in [4.69, 9.17) is 5.11 Å². The topological polar surface area (TPSA) is 75.1 Å². The normalized spacial score (nSPS) is 12.5. The van der Waals surface area contributed by atoms with Crippen molar-refractivity contribution in [2.45, 2.75) is 33.1 Å². The Bertz CT molecular complexity index is 597. The maximum atomic E-state index is 10.5. The molecule has 108 valence electrons. The molecule has 1 atom stereocenters. The molecule has 0 spiro atoms. The second-order valence-electron chi connectivity index (χ2n) is 5.05. The third-order valence-corrected chi connectivity index (χ3v) is 4.19. The van der Waals surface area contributed by atoms with Crippen LogP contribution in [-0.4, -0.2) is 27.6 Å². The highest BCUT2D eigenvalue weighted by Gasteiger charge is 2.08. The van der Waals surface area contributed by atoms with Gasteiger partial charge in [-0.1, -0.05) is 6.92 Å². The maximum absolute atomic E-state index is 10.5. The van der Waals surface area contributed by atoms with Crippen LogP contribution in [0.4, 0.5) is 5.82 Å². The van der Waals surface area contributed by atoms with E-state index in [1.54, 1.807) is 17.7 Å². The number of aliphatic carboxylic acids is 1. The number of nitrogens with zero attached hydrogens (tertiary/aromatic N) is 2. The lowest BCUT2D eigenvalue weighted by molar-refractivity contribution is -0.137. The first-order valence-corrected chi connectivity index (χ1v) is 7.54. The number of anilines is 1. The number of aromatic nitrogens is 2. The highest BCUT2D eigenvalue weighted by atomic mass is 32.1. The summed E-state index contributed by atoms with van der Waals surface area (Å²) in [5, 5.41) is 13.0. The van der Waals surface area contributed by atoms with Crippen LogP contribution in [0.5, 0.6) is 0 Å². The summed E-state index contributed by atoms with van der Waals surface area (Å²) >= 11 is 1.66. The predicted octanol–water partition coefficient (Wildman–Crippen LogP) is 3.30. The van der Waals surface area contributed by atoms with Gasteiger partial charge in [-0.15, -0.1) is 11.3 Å². The van der Waals surface area contributed by atoms with Gasteiger partial charge >= 0.3 is 5.97 Å². The van der Waals surface area contributed by atoms with Crippen molar-refractivity contribution in [1.29, 1.82) is 0 Å². The van der Waals surface area contributed by atoms with E-state index in [2.05, 4.69) is 35.2 Å². The molecule has 1 unspecified atom stereocenters. The van der Waals surface area contributed by atoms with Crippen LogP contribution in [0.2, 0.25) is 0 Å². The smallest absolute Gasteiger partial charge is 0.303 e. The monoisotopic (exact) mass is 293 g/mol. The van der Waals surface area contributed by atoms with Gasteiger partial charge in [0.2, 0.25) is 0 Å². The zero-order valence-corrected chi connectivity index (χ0v) is 12.5. The van der Waals surface area contributed by atoms with Crippen LogP contribution in [-0.2, 0) is 4.79 Å². The maximum Gasteiger partial charge on any atom is 0.303 e. The molecule has 0 saturated heterocycles. The Hall–Kier alpha value is -1.69. The molecular weight excluding hydrogens is 274 g/mol. The van der Waals surface area contributed by atoms with Crippen LogP contribution < -0.4 is 5.32 Å². The van der Waals surface area contributed by atoms with Crippen LogP contribution in [0.15, 0.2) is 12.4 Å². The number of nitrogens with one attached hydrogen (secondary N) is 1. The molecule has 0 aromatic carbocycles. The minimum atomic E-state index is -0.726. The van der Waals surface area contributed by atoms with Crippen LogP contribution in [0.3, 0.4) is 0 Å². The molecule has 2 aromatic heterocycles. The van der Waals surface area contributed by atoms with Crippen molar-refractivity contribution in [3.05, 3.63) is 17.3 Å². The Morgan fingerprint density at radius 2 is 2.25 bits per heavy atom. The van der Waals surface area contributed by atoms with E-state index < -0.39 is 5.97 Å². The van der Waals surface area contributed by atoms with Crippen LogP contribution in [0.25, 0.3) is 10.2 Å². The van der Waals surface area contributed by atoms with Gasteiger partial charge in [-0.2, -0.15) is 0 Å². The van der Waals surface area contributed by atoms with Gasteiger partial charge in [-0.25, -0.2) is 9.97 Å². The summed E-state index contributed by atoms with van der Waals surface area (Å²) < 4.78 is 0. The summed E-state index contributed by atoms with van der Waals surface area (Å²) in [6.07, 6.45) is 3.47. The highest BCUT2D eigenvalue weighted by molar-refractivity contribution is 7.18. The summed E-state index contributed by atoms with van der Waals surface area (Å²) in [4.78, 5) is 21.3. The van der Waals surface area contributed by atoms with Gasteiger partial charge in [0.15, 0.2) is 0 Å². The lowest BCUT2D eigenvalue weighted by atomic mass is 10.0. The minimum Gasteiger partial charge on any atom is -0.481 e. The third-order valence-electron chi connectivity index (χ3n) is 3.23. The molecule has 2 rings (SSSR count). The average Bonchev–Trinajstić information content (AvgIpc) is 2.77. The van der Waals surface area contributed by atoms with E-state index in [9.17, 15) is 4.79 Å². The number of hydrogen-bond donors (Lipinski definition) is 2. The molecule has 0 saturated carbocycles. The molecule has 0 radical (unpaired) electrons. The van der Waals surface area contributed by atoms with Gasteiger partial charge in [0, 0.05) is 17.8 Å². The molecule has 2 N–H and O–H groups in total. The molecular formula is C14H19N3O2S. The lowest BCUT2D eigenvalue weighted by Gasteiger charge is -2.11. The standard InChI is InChI=1S/C14H19N3O2S/c1-9(3-4-12(18)19)5-6-15-13-11-7-10(2)20-14(11)17-8-16-13/h7-9H,3-6H2,1-2H3,(H,18,19)(H,15,16,17). The van der Waals surface area contributed by atoms with Crippen LogP contribution >= 0.6 is 11.3 Å². The predicted molar refractivity (Wildman–Crippen MR) is 81.3 cm³/mol. The van der Waals surface area contributed by atoms with Gasteiger partial charge in [0.1, 0.15) is 17.0 Å². The fourth-order valence-electron chi connectivity index (χ4n) is 2.07. The van der Waals surface area contributed by atoms with Gasteiger partial charge in [0.25, 0.3) is 0 Å². The Kier molecular flexibility index (Phi) is 4.89. The van der Waals surface area contributed by atoms with E-state index >= 15 is 0 Å². The quantitative estimate of drug-likeness (QED) is 0.819. The van der Waals surface area contributed by atoms with Crippen molar-refractivity contribution in [3.63, 3.8) is 0 Å². The summed E-state index contributed by atoms with van der Waals surface area (Å²) in [5.41, 5.74) is 0. The minimum absolute atomic E-state index is 0.239. The molecule has 2 aromatic rings. The van der Waals surface area contributed by atoms with E-state index in [1.165, 1.54) is 4.88 Å². The van der Waals surface area contributed by atoms with Crippen molar-refractivity contribution in [2.24, 2.45) is 5.92 Å². The lowest BCUT2D eigenvalue weighted by Crippen LogP contribution is -2.09. The fourth-order valence-corrected chi connectivity index (χ4v) is 2.92. The van der Waals surface area contributed by atoms with Gasteiger partial charge in [0.05, 0.1) is 5.39 Å². The van der Waals surface area contributed by atoms with Crippen molar-refractivity contribution in [3.8, 4) is 0 Å². The number of thiophene rings is 1. The number of rotatable bonds is 7. The number of carboxylic acid groups (broad SMARTS) is 1. The molecule has 6 heteroatoms. The molecule has 2 heterocycles. The zero-order chi connectivity index (χ0) is 14.5. The van der Waals surface area contributed by atoms with Crippen molar-refractivity contribution >= 4 is 33.3 Å². The highest BCUT2D eigenvalue weighted by Crippen LogP contribution is 2.27. The van der Waals surface area contributed by atoms with E-state index in [1.807, 2.05) is 0 Å². The van der Waals surface area contributed by atoms with Crippen LogP contribution in [0.1, 0.15) is 31.1 Å². The Labute approximate surface area is 122 Å². The molecule has 0 fully saturated rings. The summed E-state index contributed by atoms with van der Waals surface area (Å²) in [7, 11) is 0. The first-order chi connectivity index (χ1) is 9.56. The van der Waals surface area contributed by atoms with Crippen molar-refractivity contribution in [2.75, 3.05) is 11.9 Å². The number of fused-ring (bicyclic) bond motifs is 1. The fraction of sp³-hybridized carbons (Fsp3) is 0.500. The summed E-state index contributed by atoms with van der Waals surface area (Å²) in [5.74, 6) is 0.529. The average molecular weight is 293 g/mol. The van der Waals surface area contributed by atoms with Crippen LogP contribution in [0, 0.1) is 12.8 Å². The van der Waals surface area contributed by atoms with E-state index in [0.717, 1.165) is 29.0 Å². The van der Waals surface area contributed by atoms with E-state index in [0.29, 0.717) is 12.3 Å². The second-order valence-corrected chi connectivity index (χ2v) is 6.29. The molecule has 0 aliphatic heterocycles. The molecule has 0 amide bonds. The summed E-state index contributed by atoms with van der Waals surface area (Å²) in [6, 6.07) is 2.09. The first kappa shape index (κ1) is 14.7. The molecule has 5 nitrogen and oxygen atoms in total. The third kappa shape index (κ3) is 3.90. The number of carboxylic acids is 1. The van der Waals surface area contributed by atoms with Gasteiger partial charge < -0.3 is 10.4 Å². The number of carbonyl (C=O) groups is 1. The van der Waals surface area contributed by atoms with E-state index in [-0.39, 0.29) is 6.42 Å². The van der Waals surface area contributed by atoms with Crippen molar-refractivity contribution in [1.82, 2.24) is 9.97 Å². The zero-order valence-electron chi connectivity index (χ0n) is 11.7.